The fourth-order valence-electron chi connectivity index (χ4n) is 1.82. The average molecular weight is 359 g/mol. The molecule has 0 saturated carbocycles. The fourth-order valence-corrected chi connectivity index (χ4v) is 2.50. The van der Waals surface area contributed by atoms with E-state index in [2.05, 4.69) is 5.32 Å². The van der Waals surface area contributed by atoms with E-state index in [1.807, 2.05) is 6.07 Å². The quantitative estimate of drug-likeness (QED) is 0.832. The first-order chi connectivity index (χ1) is 10.5. The summed E-state index contributed by atoms with van der Waals surface area (Å²) in [5.41, 5.74) is 0.933. The standard InChI is InChI=1S/C16H14Cl3NO2/c17-12-2-1-3-14(8-12)22-10-16(21)20-7-6-11-4-5-13(18)9-15(11)19/h1-5,8-9H,6-7,10H2,(H,20,21). The highest BCUT2D eigenvalue weighted by atomic mass is 35.5. The summed E-state index contributed by atoms with van der Waals surface area (Å²) in [6.07, 6.45) is 0.624. The number of nitrogens with one attached hydrogen (secondary N) is 1. The van der Waals surface area contributed by atoms with Crippen molar-refractivity contribution in [1.82, 2.24) is 5.32 Å². The Morgan fingerprint density at radius 2 is 1.82 bits per heavy atom. The molecule has 0 atom stereocenters. The molecular formula is C16H14Cl3NO2. The number of carbonyl (C=O) groups excluding carboxylic acids is 1. The van der Waals surface area contributed by atoms with E-state index < -0.39 is 0 Å². The Hall–Kier alpha value is -1.42. The van der Waals surface area contributed by atoms with E-state index >= 15 is 0 Å². The van der Waals surface area contributed by atoms with Gasteiger partial charge in [0.2, 0.25) is 0 Å². The largest absolute Gasteiger partial charge is 0.484 e. The Bertz CT molecular complexity index is 662. The summed E-state index contributed by atoms with van der Waals surface area (Å²) >= 11 is 17.7. The lowest BCUT2D eigenvalue weighted by Crippen LogP contribution is -2.30. The smallest absolute Gasteiger partial charge is 0.257 e. The minimum Gasteiger partial charge on any atom is -0.484 e. The maximum atomic E-state index is 11.7. The predicted molar refractivity (Wildman–Crippen MR) is 90.1 cm³/mol. The van der Waals surface area contributed by atoms with Gasteiger partial charge < -0.3 is 10.1 Å². The second-order valence-electron chi connectivity index (χ2n) is 4.58. The molecule has 22 heavy (non-hydrogen) atoms. The van der Waals surface area contributed by atoms with Crippen LogP contribution in [0.2, 0.25) is 15.1 Å². The minimum atomic E-state index is -0.204. The summed E-state index contributed by atoms with van der Waals surface area (Å²) in [6.45, 7) is 0.410. The summed E-state index contributed by atoms with van der Waals surface area (Å²) in [5.74, 6) is 0.355. The zero-order valence-corrected chi connectivity index (χ0v) is 13.9. The van der Waals surface area contributed by atoms with Gasteiger partial charge in [-0.05, 0) is 42.3 Å². The highest BCUT2D eigenvalue weighted by molar-refractivity contribution is 6.35. The highest BCUT2D eigenvalue weighted by Crippen LogP contribution is 2.21. The third kappa shape index (κ3) is 5.41. The summed E-state index contributed by atoms with van der Waals surface area (Å²) in [4.78, 5) is 11.7. The molecule has 0 aliphatic carbocycles. The van der Waals surface area contributed by atoms with Crippen molar-refractivity contribution in [2.45, 2.75) is 6.42 Å². The summed E-state index contributed by atoms with van der Waals surface area (Å²) in [7, 11) is 0. The maximum absolute atomic E-state index is 11.7. The van der Waals surface area contributed by atoms with Gasteiger partial charge in [0.15, 0.2) is 6.61 Å². The third-order valence-electron chi connectivity index (χ3n) is 2.90. The number of rotatable bonds is 6. The van der Waals surface area contributed by atoms with Gasteiger partial charge in [-0.25, -0.2) is 0 Å². The number of carbonyl (C=O) groups is 1. The zero-order chi connectivity index (χ0) is 15.9. The number of amides is 1. The van der Waals surface area contributed by atoms with Gasteiger partial charge >= 0.3 is 0 Å². The van der Waals surface area contributed by atoms with Crippen LogP contribution < -0.4 is 10.1 Å². The van der Waals surface area contributed by atoms with Crippen LogP contribution in [0.5, 0.6) is 5.75 Å². The first kappa shape index (κ1) is 16.9. The first-order valence-electron chi connectivity index (χ1n) is 6.63. The number of benzene rings is 2. The average Bonchev–Trinajstić information content (AvgIpc) is 2.47. The molecule has 0 spiro atoms. The summed E-state index contributed by atoms with van der Waals surface area (Å²) in [6, 6.07) is 12.2. The number of halogens is 3. The second kappa shape index (κ2) is 8.28. The molecule has 2 aromatic rings. The number of hydrogen-bond acceptors (Lipinski definition) is 2. The lowest BCUT2D eigenvalue weighted by Gasteiger charge is -2.08. The van der Waals surface area contributed by atoms with Crippen molar-refractivity contribution in [2.24, 2.45) is 0 Å². The molecule has 0 aliphatic rings. The monoisotopic (exact) mass is 357 g/mol. The molecule has 1 amide bonds. The van der Waals surface area contributed by atoms with E-state index in [9.17, 15) is 4.79 Å². The normalized spacial score (nSPS) is 10.3. The van der Waals surface area contributed by atoms with Crippen molar-refractivity contribution in [3.63, 3.8) is 0 Å². The van der Waals surface area contributed by atoms with E-state index in [-0.39, 0.29) is 12.5 Å². The van der Waals surface area contributed by atoms with Gasteiger partial charge in [0.25, 0.3) is 5.91 Å². The third-order valence-corrected chi connectivity index (χ3v) is 3.72. The van der Waals surface area contributed by atoms with Crippen LogP contribution in [0.4, 0.5) is 0 Å². The van der Waals surface area contributed by atoms with Crippen LogP contribution in [0.25, 0.3) is 0 Å². The molecule has 1 N–H and O–H groups in total. The van der Waals surface area contributed by atoms with E-state index in [1.165, 1.54) is 0 Å². The van der Waals surface area contributed by atoms with Gasteiger partial charge in [-0.2, -0.15) is 0 Å². The Morgan fingerprint density at radius 1 is 1.05 bits per heavy atom. The van der Waals surface area contributed by atoms with Crippen molar-refractivity contribution in [2.75, 3.05) is 13.2 Å². The Kier molecular flexibility index (Phi) is 6.37. The molecule has 0 radical (unpaired) electrons. The Morgan fingerprint density at radius 3 is 2.55 bits per heavy atom. The Labute approximate surface area is 144 Å². The molecule has 0 bridgehead atoms. The zero-order valence-electron chi connectivity index (χ0n) is 11.6. The van der Waals surface area contributed by atoms with Crippen LogP contribution in [0.15, 0.2) is 42.5 Å². The lowest BCUT2D eigenvalue weighted by molar-refractivity contribution is -0.123. The van der Waals surface area contributed by atoms with E-state index in [0.717, 1.165) is 5.56 Å². The number of ether oxygens (including phenoxy) is 1. The minimum absolute atomic E-state index is 0.0608. The molecule has 0 saturated heterocycles. The van der Waals surface area contributed by atoms with E-state index in [0.29, 0.717) is 33.8 Å². The van der Waals surface area contributed by atoms with Gasteiger partial charge in [-0.15, -0.1) is 0 Å². The van der Waals surface area contributed by atoms with Gasteiger partial charge in [-0.3, -0.25) is 4.79 Å². The van der Waals surface area contributed by atoms with Crippen LogP contribution in [-0.4, -0.2) is 19.1 Å². The van der Waals surface area contributed by atoms with Crippen molar-refractivity contribution < 1.29 is 9.53 Å². The molecule has 6 heteroatoms. The highest BCUT2D eigenvalue weighted by Gasteiger charge is 2.05. The molecular weight excluding hydrogens is 345 g/mol. The molecule has 0 fully saturated rings. The molecule has 0 aliphatic heterocycles. The van der Waals surface area contributed by atoms with Gasteiger partial charge in [-0.1, -0.05) is 46.9 Å². The Balaban J connectivity index is 1.74. The summed E-state index contributed by atoms with van der Waals surface area (Å²) in [5, 5.41) is 4.52. The molecule has 3 nitrogen and oxygen atoms in total. The second-order valence-corrected chi connectivity index (χ2v) is 5.86. The maximum Gasteiger partial charge on any atom is 0.257 e. The lowest BCUT2D eigenvalue weighted by atomic mass is 10.1. The SMILES string of the molecule is O=C(COc1cccc(Cl)c1)NCCc1ccc(Cl)cc1Cl. The number of hydrogen-bond donors (Lipinski definition) is 1. The van der Waals surface area contributed by atoms with Crippen LogP contribution in [-0.2, 0) is 11.2 Å². The topological polar surface area (TPSA) is 38.3 Å². The molecule has 2 aromatic carbocycles. The van der Waals surface area contributed by atoms with E-state index in [4.69, 9.17) is 39.5 Å². The van der Waals surface area contributed by atoms with Crippen molar-refractivity contribution in [1.29, 1.82) is 0 Å². The van der Waals surface area contributed by atoms with Gasteiger partial charge in [0.05, 0.1) is 0 Å². The van der Waals surface area contributed by atoms with Crippen LogP contribution in [0.3, 0.4) is 0 Å². The molecule has 0 heterocycles. The van der Waals surface area contributed by atoms with Crippen molar-refractivity contribution in [3.8, 4) is 5.75 Å². The van der Waals surface area contributed by atoms with Crippen LogP contribution in [0, 0.1) is 0 Å². The van der Waals surface area contributed by atoms with E-state index in [1.54, 1.807) is 36.4 Å². The van der Waals surface area contributed by atoms with Gasteiger partial charge in [0, 0.05) is 21.6 Å². The van der Waals surface area contributed by atoms with Crippen molar-refractivity contribution in [3.05, 3.63) is 63.1 Å². The van der Waals surface area contributed by atoms with Crippen molar-refractivity contribution >= 4 is 40.7 Å². The fraction of sp³-hybridized carbons (Fsp3) is 0.188. The van der Waals surface area contributed by atoms with Gasteiger partial charge in [0.1, 0.15) is 5.75 Å². The molecule has 0 aromatic heterocycles. The molecule has 116 valence electrons. The summed E-state index contributed by atoms with van der Waals surface area (Å²) < 4.78 is 5.35. The van der Waals surface area contributed by atoms with Crippen LogP contribution >= 0.6 is 34.8 Å². The molecule has 2 rings (SSSR count). The predicted octanol–water partition coefficient (Wildman–Crippen LogP) is 4.38. The first-order valence-corrected chi connectivity index (χ1v) is 7.77. The molecule has 0 unspecified atom stereocenters. The van der Waals surface area contributed by atoms with Crippen LogP contribution in [0.1, 0.15) is 5.56 Å².